The molecule has 2 rings (SSSR count). The van der Waals surface area contributed by atoms with Gasteiger partial charge in [-0.15, -0.1) is 0 Å². The number of aliphatic hydroxyl groups excluding tert-OH is 1. The number of halogens is 1. The van der Waals surface area contributed by atoms with Gasteiger partial charge >= 0.3 is 6.03 Å². The van der Waals surface area contributed by atoms with E-state index in [1.807, 2.05) is 0 Å². The van der Waals surface area contributed by atoms with Crippen molar-refractivity contribution < 1.29 is 14.6 Å². The summed E-state index contributed by atoms with van der Waals surface area (Å²) in [6, 6.07) is 6.56. The number of aliphatic hydroxyl groups is 1. The zero-order valence-electron chi connectivity index (χ0n) is 11.1. The number of nitrogens with one attached hydrogen (secondary N) is 2. The molecule has 0 bridgehead atoms. The third-order valence-corrected chi connectivity index (χ3v) is 3.31. The molecule has 1 aromatic carbocycles. The summed E-state index contributed by atoms with van der Waals surface area (Å²) < 4.78 is 5.35. The van der Waals surface area contributed by atoms with Crippen LogP contribution < -0.4 is 10.6 Å². The Hall–Kier alpha value is -1.30. The van der Waals surface area contributed by atoms with Crippen LogP contribution in [0.4, 0.5) is 10.5 Å². The van der Waals surface area contributed by atoms with Gasteiger partial charge in [0.2, 0.25) is 0 Å². The van der Waals surface area contributed by atoms with E-state index in [0.29, 0.717) is 23.2 Å². The van der Waals surface area contributed by atoms with Crippen molar-refractivity contribution in [1.29, 1.82) is 0 Å². The maximum atomic E-state index is 11.6. The van der Waals surface area contributed by atoms with Gasteiger partial charge in [-0.2, -0.15) is 0 Å². The zero-order chi connectivity index (χ0) is 14.4. The number of hydrogen-bond acceptors (Lipinski definition) is 3. The molecular weight excluding hydrogens is 280 g/mol. The average molecular weight is 299 g/mol. The molecule has 20 heavy (non-hydrogen) atoms. The lowest BCUT2D eigenvalue weighted by molar-refractivity contribution is 0.0339. The van der Waals surface area contributed by atoms with Crippen LogP contribution in [-0.4, -0.2) is 37.0 Å². The molecule has 0 aromatic heterocycles. The SMILES string of the molecule is O=C(NCC(O)COCC1CC1)Nc1ccccc1Cl. The van der Waals surface area contributed by atoms with E-state index in [9.17, 15) is 9.90 Å². The van der Waals surface area contributed by atoms with Gasteiger partial charge in [-0.1, -0.05) is 23.7 Å². The Balaban J connectivity index is 1.62. The van der Waals surface area contributed by atoms with Crippen molar-refractivity contribution in [3.05, 3.63) is 29.3 Å². The molecule has 1 atom stereocenters. The molecule has 1 aromatic rings. The largest absolute Gasteiger partial charge is 0.389 e. The van der Waals surface area contributed by atoms with Crippen LogP contribution in [0.2, 0.25) is 5.02 Å². The van der Waals surface area contributed by atoms with E-state index in [1.165, 1.54) is 12.8 Å². The van der Waals surface area contributed by atoms with Crippen LogP contribution in [0.5, 0.6) is 0 Å². The molecule has 1 fully saturated rings. The summed E-state index contributed by atoms with van der Waals surface area (Å²) in [7, 11) is 0. The highest BCUT2D eigenvalue weighted by Gasteiger charge is 2.21. The summed E-state index contributed by atoms with van der Waals surface area (Å²) in [5.41, 5.74) is 0.533. The van der Waals surface area contributed by atoms with E-state index in [2.05, 4.69) is 10.6 Å². The van der Waals surface area contributed by atoms with Crippen LogP contribution >= 0.6 is 11.6 Å². The molecule has 1 saturated carbocycles. The van der Waals surface area contributed by atoms with Gasteiger partial charge in [0, 0.05) is 13.2 Å². The third-order valence-electron chi connectivity index (χ3n) is 2.98. The van der Waals surface area contributed by atoms with Crippen molar-refractivity contribution in [2.24, 2.45) is 5.92 Å². The molecule has 5 nitrogen and oxygen atoms in total. The molecular formula is C14H19ClN2O3. The second-order valence-electron chi connectivity index (χ2n) is 4.95. The number of ether oxygens (including phenoxy) is 1. The van der Waals surface area contributed by atoms with Crippen molar-refractivity contribution in [2.45, 2.75) is 18.9 Å². The number of benzene rings is 1. The fraction of sp³-hybridized carbons (Fsp3) is 0.500. The van der Waals surface area contributed by atoms with Gasteiger partial charge in [-0.05, 0) is 30.9 Å². The normalized spacial score (nSPS) is 15.7. The lowest BCUT2D eigenvalue weighted by atomic mass is 10.3. The lowest BCUT2D eigenvalue weighted by Gasteiger charge is -2.13. The molecule has 1 unspecified atom stereocenters. The minimum Gasteiger partial charge on any atom is -0.389 e. The highest BCUT2D eigenvalue weighted by atomic mass is 35.5. The Morgan fingerprint density at radius 1 is 1.45 bits per heavy atom. The van der Waals surface area contributed by atoms with Crippen molar-refractivity contribution in [3.63, 3.8) is 0 Å². The summed E-state index contributed by atoms with van der Waals surface area (Å²) in [5.74, 6) is 0.665. The van der Waals surface area contributed by atoms with Crippen molar-refractivity contribution in [3.8, 4) is 0 Å². The van der Waals surface area contributed by atoms with Gasteiger partial charge in [-0.3, -0.25) is 0 Å². The van der Waals surface area contributed by atoms with Crippen LogP contribution in [0, 0.1) is 5.92 Å². The Morgan fingerprint density at radius 3 is 2.90 bits per heavy atom. The predicted molar refractivity (Wildman–Crippen MR) is 78.0 cm³/mol. The number of hydrogen-bond donors (Lipinski definition) is 3. The highest BCUT2D eigenvalue weighted by molar-refractivity contribution is 6.33. The second kappa shape index (κ2) is 7.47. The standard InChI is InChI=1S/C14H19ClN2O3/c15-12-3-1-2-4-13(12)17-14(19)16-7-11(18)9-20-8-10-5-6-10/h1-4,10-11,18H,5-9H2,(H2,16,17,19). The van der Waals surface area contributed by atoms with E-state index >= 15 is 0 Å². The maximum absolute atomic E-state index is 11.6. The molecule has 0 aliphatic heterocycles. The molecule has 1 aliphatic rings. The summed E-state index contributed by atoms with van der Waals surface area (Å²) in [6.45, 7) is 1.08. The Kier molecular flexibility index (Phi) is 5.64. The number of urea groups is 1. The number of para-hydroxylation sites is 1. The molecule has 6 heteroatoms. The van der Waals surface area contributed by atoms with Gasteiger partial charge < -0.3 is 20.5 Å². The van der Waals surface area contributed by atoms with Gasteiger partial charge in [0.05, 0.1) is 23.4 Å². The van der Waals surface area contributed by atoms with E-state index in [0.717, 1.165) is 0 Å². The first-order valence-electron chi connectivity index (χ1n) is 6.70. The minimum atomic E-state index is -0.703. The van der Waals surface area contributed by atoms with Gasteiger partial charge in [0.15, 0.2) is 0 Å². The Morgan fingerprint density at radius 2 is 2.20 bits per heavy atom. The predicted octanol–water partition coefficient (Wildman–Crippen LogP) is 2.25. The van der Waals surface area contributed by atoms with Crippen LogP contribution in [0.1, 0.15) is 12.8 Å². The lowest BCUT2D eigenvalue weighted by Crippen LogP contribution is -2.37. The summed E-state index contributed by atoms with van der Waals surface area (Å²) in [6.07, 6.45) is 1.73. The zero-order valence-corrected chi connectivity index (χ0v) is 11.9. The maximum Gasteiger partial charge on any atom is 0.319 e. The molecule has 0 spiro atoms. The number of carbonyl (C=O) groups is 1. The summed E-state index contributed by atoms with van der Waals surface area (Å²) in [4.78, 5) is 11.6. The first-order valence-corrected chi connectivity index (χ1v) is 7.08. The van der Waals surface area contributed by atoms with Crippen LogP contribution in [0.3, 0.4) is 0 Å². The quantitative estimate of drug-likeness (QED) is 0.723. The van der Waals surface area contributed by atoms with Gasteiger partial charge in [0.25, 0.3) is 0 Å². The smallest absolute Gasteiger partial charge is 0.319 e. The molecule has 110 valence electrons. The number of anilines is 1. The first kappa shape index (κ1) is 15.1. The van der Waals surface area contributed by atoms with Gasteiger partial charge in [-0.25, -0.2) is 4.79 Å². The minimum absolute atomic E-state index is 0.140. The first-order chi connectivity index (χ1) is 9.65. The molecule has 2 amide bonds. The topological polar surface area (TPSA) is 70.6 Å². The number of rotatable bonds is 7. The Labute approximate surface area is 123 Å². The van der Waals surface area contributed by atoms with E-state index in [4.69, 9.17) is 16.3 Å². The van der Waals surface area contributed by atoms with Crippen molar-refractivity contribution in [2.75, 3.05) is 25.1 Å². The Bertz CT molecular complexity index is 452. The molecule has 0 saturated heterocycles. The third kappa shape index (κ3) is 5.36. The van der Waals surface area contributed by atoms with E-state index < -0.39 is 12.1 Å². The number of amides is 2. The fourth-order valence-corrected chi connectivity index (χ4v) is 1.84. The summed E-state index contributed by atoms with van der Waals surface area (Å²) in [5, 5.41) is 15.3. The molecule has 3 N–H and O–H groups in total. The molecule has 0 heterocycles. The molecule has 0 radical (unpaired) electrons. The van der Waals surface area contributed by atoms with Crippen LogP contribution in [0.25, 0.3) is 0 Å². The van der Waals surface area contributed by atoms with E-state index in [-0.39, 0.29) is 13.2 Å². The fourth-order valence-electron chi connectivity index (χ4n) is 1.65. The summed E-state index contributed by atoms with van der Waals surface area (Å²) >= 11 is 5.92. The number of carbonyl (C=O) groups excluding carboxylic acids is 1. The van der Waals surface area contributed by atoms with Crippen LogP contribution in [-0.2, 0) is 4.74 Å². The average Bonchev–Trinajstić information content (AvgIpc) is 3.23. The monoisotopic (exact) mass is 298 g/mol. The van der Waals surface area contributed by atoms with Crippen LogP contribution in [0.15, 0.2) is 24.3 Å². The van der Waals surface area contributed by atoms with Crippen molar-refractivity contribution >= 4 is 23.3 Å². The second-order valence-corrected chi connectivity index (χ2v) is 5.36. The van der Waals surface area contributed by atoms with Gasteiger partial charge in [0.1, 0.15) is 0 Å². The molecule has 1 aliphatic carbocycles. The van der Waals surface area contributed by atoms with Crippen molar-refractivity contribution in [1.82, 2.24) is 5.32 Å². The highest BCUT2D eigenvalue weighted by Crippen LogP contribution is 2.28. The van der Waals surface area contributed by atoms with E-state index in [1.54, 1.807) is 24.3 Å².